The number of aromatic nitrogens is 4. The first-order valence-corrected chi connectivity index (χ1v) is 11.3. The number of hydrogen-bond acceptors (Lipinski definition) is 7. The van der Waals surface area contributed by atoms with Crippen LogP contribution in [0, 0.1) is 6.92 Å². The predicted octanol–water partition coefficient (Wildman–Crippen LogP) is 1.77. The van der Waals surface area contributed by atoms with Crippen molar-refractivity contribution in [3.8, 4) is 5.75 Å². The predicted molar refractivity (Wildman–Crippen MR) is 118 cm³/mol. The fourth-order valence-corrected chi connectivity index (χ4v) is 5.43. The molecule has 0 amide bonds. The van der Waals surface area contributed by atoms with Gasteiger partial charge < -0.3 is 4.74 Å². The van der Waals surface area contributed by atoms with Crippen molar-refractivity contribution in [2.45, 2.75) is 44.8 Å². The van der Waals surface area contributed by atoms with Crippen molar-refractivity contribution in [3.63, 3.8) is 0 Å². The quantitative estimate of drug-likeness (QED) is 0.564. The molecule has 4 heterocycles. The molecule has 5 rings (SSSR count). The van der Waals surface area contributed by atoms with Gasteiger partial charge in [-0.25, -0.2) is 9.67 Å². The van der Waals surface area contributed by atoms with E-state index in [0.29, 0.717) is 6.54 Å². The van der Waals surface area contributed by atoms with Crippen LogP contribution in [0.3, 0.4) is 0 Å². The second-order valence-electron chi connectivity index (χ2n) is 8.44. The summed E-state index contributed by atoms with van der Waals surface area (Å²) in [6.07, 6.45) is 1.76. The maximum Gasteiger partial charge on any atom is 0.332 e. The topological polar surface area (TPSA) is 82.2 Å². The standard InChI is InChI=1S/C22H25N5O3S/c1-15-23-17(13-31-15)12-27-20(29)19(28)26-9-7-22(21(26)24-27)6-8-25(14-22)11-16-4-3-5-18(10-16)30-2/h3-5,10,13H,6-9,11-12,14H2,1-2H3. The zero-order valence-electron chi connectivity index (χ0n) is 17.7. The molecule has 2 aliphatic rings. The Kier molecular flexibility index (Phi) is 5.02. The van der Waals surface area contributed by atoms with Crippen LogP contribution in [0.5, 0.6) is 5.75 Å². The van der Waals surface area contributed by atoms with Crippen molar-refractivity contribution >= 4 is 11.3 Å². The van der Waals surface area contributed by atoms with Gasteiger partial charge in [0.05, 0.1) is 24.4 Å². The fourth-order valence-electron chi connectivity index (χ4n) is 4.82. The van der Waals surface area contributed by atoms with Gasteiger partial charge in [0, 0.05) is 30.4 Å². The number of likely N-dealkylation sites (tertiary alicyclic amines) is 1. The molecule has 1 spiro atoms. The van der Waals surface area contributed by atoms with Crippen molar-refractivity contribution in [3.05, 3.63) is 72.4 Å². The molecule has 9 heteroatoms. The van der Waals surface area contributed by atoms with Gasteiger partial charge in [0.25, 0.3) is 0 Å². The molecule has 162 valence electrons. The van der Waals surface area contributed by atoms with Crippen LogP contribution < -0.4 is 15.9 Å². The van der Waals surface area contributed by atoms with E-state index < -0.39 is 11.1 Å². The van der Waals surface area contributed by atoms with E-state index in [1.165, 1.54) is 21.6 Å². The van der Waals surface area contributed by atoms with E-state index in [0.717, 1.165) is 54.8 Å². The van der Waals surface area contributed by atoms with Crippen LogP contribution in [0.2, 0.25) is 0 Å². The molecule has 1 saturated heterocycles. The molecule has 0 saturated carbocycles. The second-order valence-corrected chi connectivity index (χ2v) is 9.51. The summed E-state index contributed by atoms with van der Waals surface area (Å²) in [6.45, 7) is 5.28. The summed E-state index contributed by atoms with van der Waals surface area (Å²) in [5.41, 5.74) is 0.729. The molecule has 2 aromatic heterocycles. The Morgan fingerprint density at radius 3 is 2.77 bits per heavy atom. The average Bonchev–Trinajstić information content (AvgIpc) is 3.46. The van der Waals surface area contributed by atoms with E-state index in [1.54, 1.807) is 11.7 Å². The summed E-state index contributed by atoms with van der Waals surface area (Å²) in [5.74, 6) is 1.60. The molecule has 0 radical (unpaired) electrons. The van der Waals surface area contributed by atoms with Crippen molar-refractivity contribution in [2.75, 3.05) is 20.2 Å². The molecule has 0 aliphatic carbocycles. The molecule has 1 fully saturated rings. The highest BCUT2D eigenvalue weighted by molar-refractivity contribution is 7.09. The fraction of sp³-hybridized carbons (Fsp3) is 0.455. The van der Waals surface area contributed by atoms with Crippen LogP contribution in [0.25, 0.3) is 0 Å². The molecule has 0 N–H and O–H groups in total. The monoisotopic (exact) mass is 439 g/mol. The number of methoxy groups -OCH3 is 1. The molecular formula is C22H25N5O3S. The SMILES string of the molecule is COc1cccc(CN2CCC3(CCn4c3nn(Cc3csc(C)n3)c(=O)c4=O)C2)c1. The van der Waals surface area contributed by atoms with Crippen molar-refractivity contribution in [1.29, 1.82) is 0 Å². The lowest BCUT2D eigenvalue weighted by Gasteiger charge is -2.24. The summed E-state index contributed by atoms with van der Waals surface area (Å²) >= 11 is 1.53. The van der Waals surface area contributed by atoms with Gasteiger partial charge in [-0.15, -0.1) is 11.3 Å². The van der Waals surface area contributed by atoms with Crippen LogP contribution >= 0.6 is 11.3 Å². The summed E-state index contributed by atoms with van der Waals surface area (Å²) in [6, 6.07) is 8.11. The first-order chi connectivity index (χ1) is 15.0. The van der Waals surface area contributed by atoms with E-state index in [-0.39, 0.29) is 12.0 Å². The minimum Gasteiger partial charge on any atom is -0.497 e. The minimum atomic E-state index is -0.572. The Hall–Kier alpha value is -2.78. The van der Waals surface area contributed by atoms with Gasteiger partial charge >= 0.3 is 11.1 Å². The number of nitrogens with zero attached hydrogens (tertiary/aromatic N) is 5. The summed E-state index contributed by atoms with van der Waals surface area (Å²) < 4.78 is 8.25. The third kappa shape index (κ3) is 3.61. The van der Waals surface area contributed by atoms with Crippen LogP contribution in [-0.2, 0) is 25.0 Å². The number of aryl methyl sites for hydroxylation is 1. The van der Waals surface area contributed by atoms with Gasteiger partial charge in [0.1, 0.15) is 11.6 Å². The molecule has 31 heavy (non-hydrogen) atoms. The number of ether oxygens (including phenoxy) is 1. The van der Waals surface area contributed by atoms with Gasteiger partial charge in [-0.3, -0.25) is 19.1 Å². The van der Waals surface area contributed by atoms with Crippen molar-refractivity contribution < 1.29 is 4.74 Å². The summed E-state index contributed by atoms with van der Waals surface area (Å²) in [4.78, 5) is 32.3. The van der Waals surface area contributed by atoms with Gasteiger partial charge in [0.2, 0.25) is 0 Å². The zero-order chi connectivity index (χ0) is 21.6. The van der Waals surface area contributed by atoms with E-state index >= 15 is 0 Å². The number of thiazole rings is 1. The molecule has 2 aliphatic heterocycles. The van der Waals surface area contributed by atoms with Crippen LogP contribution in [-0.4, -0.2) is 44.4 Å². The zero-order valence-corrected chi connectivity index (χ0v) is 18.5. The van der Waals surface area contributed by atoms with E-state index in [2.05, 4.69) is 22.0 Å². The third-order valence-electron chi connectivity index (χ3n) is 6.37. The van der Waals surface area contributed by atoms with Crippen molar-refractivity contribution in [2.24, 2.45) is 0 Å². The number of hydrogen-bond donors (Lipinski definition) is 0. The highest BCUT2D eigenvalue weighted by Crippen LogP contribution is 2.40. The van der Waals surface area contributed by atoms with Crippen LogP contribution in [0.15, 0.2) is 39.2 Å². The maximum atomic E-state index is 12.8. The van der Waals surface area contributed by atoms with E-state index in [4.69, 9.17) is 9.84 Å². The molecular weight excluding hydrogens is 414 g/mol. The summed E-state index contributed by atoms with van der Waals surface area (Å²) in [5, 5.41) is 7.55. The number of benzene rings is 1. The highest BCUT2D eigenvalue weighted by atomic mass is 32.1. The third-order valence-corrected chi connectivity index (χ3v) is 7.20. The molecule has 1 aromatic carbocycles. The average molecular weight is 440 g/mol. The molecule has 1 unspecified atom stereocenters. The van der Waals surface area contributed by atoms with E-state index in [9.17, 15) is 9.59 Å². The van der Waals surface area contributed by atoms with Gasteiger partial charge in [-0.2, -0.15) is 5.10 Å². The van der Waals surface area contributed by atoms with Gasteiger partial charge in [-0.05, 0) is 44.0 Å². The lowest BCUT2D eigenvalue weighted by molar-refractivity contribution is 0.297. The Labute approximate surface area is 183 Å². The van der Waals surface area contributed by atoms with E-state index in [1.807, 2.05) is 24.4 Å². The lowest BCUT2D eigenvalue weighted by Crippen LogP contribution is -2.45. The lowest BCUT2D eigenvalue weighted by atomic mass is 9.85. The molecule has 8 nitrogen and oxygen atoms in total. The Bertz CT molecular complexity index is 1250. The van der Waals surface area contributed by atoms with Gasteiger partial charge in [0.15, 0.2) is 0 Å². The Morgan fingerprint density at radius 1 is 1.16 bits per heavy atom. The highest BCUT2D eigenvalue weighted by Gasteiger charge is 2.47. The number of rotatable bonds is 5. The normalized spacial score (nSPS) is 20.5. The first-order valence-electron chi connectivity index (χ1n) is 10.5. The van der Waals surface area contributed by atoms with Crippen LogP contribution in [0.4, 0.5) is 0 Å². The smallest absolute Gasteiger partial charge is 0.332 e. The molecule has 0 bridgehead atoms. The largest absolute Gasteiger partial charge is 0.497 e. The minimum absolute atomic E-state index is 0.189. The van der Waals surface area contributed by atoms with Crippen LogP contribution in [0.1, 0.15) is 34.9 Å². The van der Waals surface area contributed by atoms with Crippen molar-refractivity contribution in [1.82, 2.24) is 24.2 Å². The summed E-state index contributed by atoms with van der Waals surface area (Å²) in [7, 11) is 1.68. The second kappa shape index (κ2) is 7.72. The maximum absolute atomic E-state index is 12.8. The Morgan fingerprint density at radius 2 is 2.00 bits per heavy atom. The number of fused-ring (bicyclic) bond motifs is 2. The molecule has 3 aromatic rings. The molecule has 1 atom stereocenters. The Balaban J connectivity index is 1.43. The first kappa shape index (κ1) is 20.1. The van der Waals surface area contributed by atoms with Gasteiger partial charge in [-0.1, -0.05) is 12.1 Å².